The van der Waals surface area contributed by atoms with Gasteiger partial charge in [-0.2, -0.15) is 0 Å². The Morgan fingerprint density at radius 2 is 2.06 bits per heavy atom. The first-order chi connectivity index (χ1) is 7.74. The van der Waals surface area contributed by atoms with Gasteiger partial charge in [0.25, 0.3) is 0 Å². The molecule has 1 aliphatic heterocycles. The lowest BCUT2D eigenvalue weighted by Gasteiger charge is -2.27. The van der Waals surface area contributed by atoms with E-state index >= 15 is 0 Å². The van der Waals surface area contributed by atoms with Gasteiger partial charge in [-0.25, -0.2) is 4.79 Å². The summed E-state index contributed by atoms with van der Waals surface area (Å²) in [5.41, 5.74) is 2.02. The number of carbonyl (C=O) groups excluding carboxylic acids is 1. The first-order valence-corrected chi connectivity index (χ1v) is 5.56. The standard InChI is InChI=1S/C12H17N3O/c1-9-2-4-11(5-3-9)15-12(16)14-8-10-6-13-7-10/h2-5,10,13H,6-8H2,1H3,(H2,14,15,16). The zero-order chi connectivity index (χ0) is 11.4. The Morgan fingerprint density at radius 1 is 1.38 bits per heavy atom. The smallest absolute Gasteiger partial charge is 0.319 e. The van der Waals surface area contributed by atoms with E-state index in [1.807, 2.05) is 31.2 Å². The van der Waals surface area contributed by atoms with Crippen LogP contribution in [0.5, 0.6) is 0 Å². The summed E-state index contributed by atoms with van der Waals surface area (Å²) in [4.78, 5) is 11.5. The van der Waals surface area contributed by atoms with Crippen LogP contribution in [0.4, 0.5) is 10.5 Å². The number of benzene rings is 1. The molecule has 4 nitrogen and oxygen atoms in total. The number of aryl methyl sites for hydroxylation is 1. The lowest BCUT2D eigenvalue weighted by molar-refractivity contribution is 0.246. The summed E-state index contributed by atoms with van der Waals surface area (Å²) >= 11 is 0. The molecule has 0 radical (unpaired) electrons. The minimum atomic E-state index is -0.129. The predicted octanol–water partition coefficient (Wildman–Crippen LogP) is 1.34. The molecule has 2 amide bonds. The van der Waals surface area contributed by atoms with Gasteiger partial charge >= 0.3 is 6.03 Å². The molecule has 4 heteroatoms. The van der Waals surface area contributed by atoms with Gasteiger partial charge in [-0.3, -0.25) is 0 Å². The van der Waals surface area contributed by atoms with Crippen molar-refractivity contribution in [2.75, 3.05) is 25.0 Å². The molecule has 0 bridgehead atoms. The second-order valence-corrected chi connectivity index (χ2v) is 4.23. The lowest BCUT2D eigenvalue weighted by Crippen LogP contribution is -2.48. The van der Waals surface area contributed by atoms with E-state index in [1.165, 1.54) is 5.56 Å². The van der Waals surface area contributed by atoms with Crippen LogP contribution < -0.4 is 16.0 Å². The van der Waals surface area contributed by atoms with E-state index in [1.54, 1.807) is 0 Å². The van der Waals surface area contributed by atoms with Crippen LogP contribution in [0.1, 0.15) is 5.56 Å². The minimum absolute atomic E-state index is 0.129. The van der Waals surface area contributed by atoms with Crippen molar-refractivity contribution in [2.45, 2.75) is 6.92 Å². The molecular formula is C12H17N3O. The highest BCUT2D eigenvalue weighted by Crippen LogP contribution is 2.08. The quantitative estimate of drug-likeness (QED) is 0.718. The number of hydrogen-bond acceptors (Lipinski definition) is 2. The van der Waals surface area contributed by atoms with E-state index in [0.717, 1.165) is 25.3 Å². The van der Waals surface area contributed by atoms with Crippen molar-refractivity contribution in [3.05, 3.63) is 29.8 Å². The monoisotopic (exact) mass is 219 g/mol. The Morgan fingerprint density at radius 3 is 2.62 bits per heavy atom. The maximum absolute atomic E-state index is 11.5. The number of urea groups is 1. The van der Waals surface area contributed by atoms with Gasteiger partial charge < -0.3 is 16.0 Å². The number of amides is 2. The SMILES string of the molecule is Cc1ccc(NC(=O)NCC2CNC2)cc1. The molecule has 0 unspecified atom stereocenters. The van der Waals surface area contributed by atoms with Gasteiger partial charge in [0, 0.05) is 31.2 Å². The number of carbonyl (C=O) groups is 1. The van der Waals surface area contributed by atoms with Gasteiger partial charge in [0.2, 0.25) is 0 Å². The Bertz CT molecular complexity index is 357. The Balaban J connectivity index is 1.75. The summed E-state index contributed by atoms with van der Waals surface area (Å²) < 4.78 is 0. The molecule has 0 aliphatic carbocycles. The molecule has 3 N–H and O–H groups in total. The fourth-order valence-corrected chi connectivity index (χ4v) is 1.54. The van der Waals surface area contributed by atoms with Crippen molar-refractivity contribution < 1.29 is 4.79 Å². The van der Waals surface area contributed by atoms with Crippen LogP contribution in [0.15, 0.2) is 24.3 Å². The summed E-state index contributed by atoms with van der Waals surface area (Å²) in [7, 11) is 0. The van der Waals surface area contributed by atoms with E-state index in [4.69, 9.17) is 0 Å². The third-order valence-electron chi connectivity index (χ3n) is 2.73. The molecule has 86 valence electrons. The average molecular weight is 219 g/mol. The van der Waals surface area contributed by atoms with Crippen LogP contribution in [0.25, 0.3) is 0 Å². The normalized spacial score (nSPS) is 15.3. The molecule has 0 saturated carbocycles. The Hall–Kier alpha value is -1.55. The van der Waals surface area contributed by atoms with Crippen LogP contribution in [0.2, 0.25) is 0 Å². The summed E-state index contributed by atoms with van der Waals surface area (Å²) in [6.07, 6.45) is 0. The fourth-order valence-electron chi connectivity index (χ4n) is 1.54. The van der Waals surface area contributed by atoms with E-state index in [9.17, 15) is 4.79 Å². The van der Waals surface area contributed by atoms with Crippen LogP contribution in [0.3, 0.4) is 0 Å². The largest absolute Gasteiger partial charge is 0.337 e. The van der Waals surface area contributed by atoms with E-state index < -0.39 is 0 Å². The Kier molecular flexibility index (Phi) is 3.41. The van der Waals surface area contributed by atoms with Gasteiger partial charge in [-0.15, -0.1) is 0 Å². The number of nitrogens with one attached hydrogen (secondary N) is 3. The van der Waals surface area contributed by atoms with Crippen LogP contribution >= 0.6 is 0 Å². The zero-order valence-corrected chi connectivity index (χ0v) is 9.42. The van der Waals surface area contributed by atoms with Crippen molar-refractivity contribution in [1.29, 1.82) is 0 Å². The van der Waals surface area contributed by atoms with Crippen molar-refractivity contribution in [3.8, 4) is 0 Å². The number of anilines is 1. The average Bonchev–Trinajstić information content (AvgIpc) is 2.19. The molecule has 1 saturated heterocycles. The van der Waals surface area contributed by atoms with Gasteiger partial charge in [-0.1, -0.05) is 17.7 Å². The van der Waals surface area contributed by atoms with Gasteiger partial charge in [0.1, 0.15) is 0 Å². The number of rotatable bonds is 3. The van der Waals surface area contributed by atoms with Crippen LogP contribution in [0, 0.1) is 12.8 Å². The summed E-state index contributed by atoms with van der Waals surface area (Å²) in [5, 5.41) is 8.83. The maximum Gasteiger partial charge on any atom is 0.319 e. The van der Waals surface area contributed by atoms with Crippen LogP contribution in [-0.4, -0.2) is 25.7 Å². The molecule has 1 aromatic rings. The van der Waals surface area contributed by atoms with Gasteiger partial charge in [0.15, 0.2) is 0 Å². The van der Waals surface area contributed by atoms with E-state index in [0.29, 0.717) is 5.92 Å². The minimum Gasteiger partial charge on any atom is -0.337 e. The molecule has 2 rings (SSSR count). The van der Waals surface area contributed by atoms with Gasteiger partial charge in [-0.05, 0) is 19.1 Å². The van der Waals surface area contributed by atoms with Crippen molar-refractivity contribution in [3.63, 3.8) is 0 Å². The van der Waals surface area contributed by atoms with Gasteiger partial charge in [0.05, 0.1) is 0 Å². The first-order valence-electron chi connectivity index (χ1n) is 5.56. The second-order valence-electron chi connectivity index (χ2n) is 4.23. The highest BCUT2D eigenvalue weighted by molar-refractivity contribution is 5.89. The highest BCUT2D eigenvalue weighted by atomic mass is 16.2. The molecule has 16 heavy (non-hydrogen) atoms. The third-order valence-corrected chi connectivity index (χ3v) is 2.73. The zero-order valence-electron chi connectivity index (χ0n) is 9.42. The number of hydrogen-bond donors (Lipinski definition) is 3. The molecule has 1 aliphatic rings. The molecule has 1 aromatic carbocycles. The molecule has 0 spiro atoms. The fraction of sp³-hybridized carbons (Fsp3) is 0.417. The van der Waals surface area contributed by atoms with E-state index in [-0.39, 0.29) is 6.03 Å². The lowest BCUT2D eigenvalue weighted by atomic mass is 10.0. The molecular weight excluding hydrogens is 202 g/mol. The Labute approximate surface area is 95.4 Å². The maximum atomic E-state index is 11.5. The van der Waals surface area contributed by atoms with Crippen LogP contribution in [-0.2, 0) is 0 Å². The van der Waals surface area contributed by atoms with Crippen molar-refractivity contribution in [1.82, 2.24) is 10.6 Å². The van der Waals surface area contributed by atoms with E-state index in [2.05, 4.69) is 16.0 Å². The molecule has 1 heterocycles. The van der Waals surface area contributed by atoms with Crippen molar-refractivity contribution >= 4 is 11.7 Å². The topological polar surface area (TPSA) is 53.2 Å². The second kappa shape index (κ2) is 4.99. The third kappa shape index (κ3) is 2.97. The van der Waals surface area contributed by atoms with Crippen molar-refractivity contribution in [2.24, 2.45) is 5.92 Å². The first kappa shape index (κ1) is 11.0. The highest BCUT2D eigenvalue weighted by Gasteiger charge is 2.16. The summed E-state index contributed by atoms with van der Waals surface area (Å²) in [6.45, 7) is 4.77. The summed E-state index contributed by atoms with van der Waals surface area (Å²) in [6, 6.07) is 7.63. The summed E-state index contributed by atoms with van der Waals surface area (Å²) in [5.74, 6) is 0.587. The predicted molar refractivity (Wildman–Crippen MR) is 64.6 cm³/mol. The molecule has 1 fully saturated rings. The molecule has 0 atom stereocenters. The molecule has 0 aromatic heterocycles.